The lowest BCUT2D eigenvalue weighted by Gasteiger charge is -2.05. The minimum Gasteiger partial charge on any atom is -0.496 e. The Hall–Kier alpha value is -2.75. The van der Waals surface area contributed by atoms with Crippen LogP contribution in [0.2, 0.25) is 0 Å². The van der Waals surface area contributed by atoms with Crippen molar-refractivity contribution in [2.24, 2.45) is 0 Å². The number of hydrogen-bond donors (Lipinski definition) is 0. The largest absolute Gasteiger partial charge is 0.496 e. The highest BCUT2D eigenvalue weighted by Gasteiger charge is 2.14. The van der Waals surface area contributed by atoms with Crippen LogP contribution in [0.3, 0.4) is 0 Å². The maximum atomic E-state index is 5.87. The van der Waals surface area contributed by atoms with E-state index in [1.54, 1.807) is 20.4 Å². The average Bonchev–Trinajstić information content (AvgIpc) is 3.04. The van der Waals surface area contributed by atoms with Crippen LogP contribution in [0.5, 0.6) is 11.5 Å². The molecule has 0 saturated heterocycles. The van der Waals surface area contributed by atoms with Crippen molar-refractivity contribution in [3.05, 3.63) is 54.7 Å². The van der Waals surface area contributed by atoms with Gasteiger partial charge in [0.05, 0.1) is 31.5 Å². The summed E-state index contributed by atoms with van der Waals surface area (Å²) in [5.41, 5.74) is 1.69. The Kier molecular flexibility index (Phi) is 3.60. The normalized spacial score (nSPS) is 10.4. The topological polar surface area (TPSA) is 44.5 Å². The first kappa shape index (κ1) is 13.2. The zero-order chi connectivity index (χ0) is 14.7. The molecule has 0 atom stereocenters. The van der Waals surface area contributed by atoms with E-state index in [4.69, 9.17) is 13.9 Å². The molecule has 0 saturated carbocycles. The Balaban J connectivity index is 2.04. The quantitative estimate of drug-likeness (QED) is 0.724. The molecule has 3 aromatic rings. The highest BCUT2D eigenvalue weighted by Crippen LogP contribution is 2.34. The highest BCUT2D eigenvalue weighted by atomic mass is 16.5. The molecule has 4 nitrogen and oxygen atoms in total. The van der Waals surface area contributed by atoms with E-state index in [1.807, 2.05) is 48.5 Å². The van der Waals surface area contributed by atoms with Crippen molar-refractivity contribution >= 4 is 0 Å². The Morgan fingerprint density at radius 3 is 2.05 bits per heavy atom. The predicted octanol–water partition coefficient (Wildman–Crippen LogP) is 4.03. The van der Waals surface area contributed by atoms with E-state index in [2.05, 4.69) is 4.98 Å². The molecule has 0 amide bonds. The van der Waals surface area contributed by atoms with Gasteiger partial charge in [0.15, 0.2) is 5.76 Å². The fraction of sp³-hybridized carbons (Fsp3) is 0.118. The molecule has 3 rings (SSSR count). The fourth-order valence-corrected chi connectivity index (χ4v) is 2.19. The fourth-order valence-electron chi connectivity index (χ4n) is 2.19. The number of aromatic nitrogens is 1. The van der Waals surface area contributed by atoms with E-state index in [0.717, 1.165) is 22.6 Å². The monoisotopic (exact) mass is 281 g/mol. The summed E-state index contributed by atoms with van der Waals surface area (Å²) in [5.74, 6) is 2.66. The van der Waals surface area contributed by atoms with Crippen molar-refractivity contribution in [1.82, 2.24) is 4.98 Å². The molecule has 0 aliphatic carbocycles. The standard InChI is InChI=1S/C17H15NO3/c1-19-14-9-5-3-7-12(14)16-11-18-17(21-16)13-8-4-6-10-15(13)20-2/h3-11H,1-2H3. The van der Waals surface area contributed by atoms with E-state index in [9.17, 15) is 0 Å². The number of benzene rings is 2. The van der Waals surface area contributed by atoms with Crippen molar-refractivity contribution < 1.29 is 13.9 Å². The molecule has 0 fully saturated rings. The summed E-state index contributed by atoms with van der Waals surface area (Å²) in [6.07, 6.45) is 1.69. The minimum atomic E-state index is 0.522. The molecule has 0 radical (unpaired) electrons. The molecule has 0 aliphatic rings. The van der Waals surface area contributed by atoms with E-state index in [1.165, 1.54) is 0 Å². The molecule has 1 heterocycles. The van der Waals surface area contributed by atoms with Crippen molar-refractivity contribution in [2.45, 2.75) is 0 Å². The molecule has 4 heteroatoms. The van der Waals surface area contributed by atoms with Crippen LogP contribution in [0.25, 0.3) is 22.8 Å². The smallest absolute Gasteiger partial charge is 0.230 e. The van der Waals surface area contributed by atoms with Gasteiger partial charge in [-0.25, -0.2) is 4.98 Å². The number of hydrogen-bond acceptors (Lipinski definition) is 4. The van der Waals surface area contributed by atoms with Gasteiger partial charge < -0.3 is 13.9 Å². The average molecular weight is 281 g/mol. The summed E-state index contributed by atoms with van der Waals surface area (Å²) < 4.78 is 16.6. The first-order chi connectivity index (χ1) is 10.3. The minimum absolute atomic E-state index is 0.522. The summed E-state index contributed by atoms with van der Waals surface area (Å²) in [6.45, 7) is 0. The zero-order valence-corrected chi connectivity index (χ0v) is 11.9. The van der Waals surface area contributed by atoms with Crippen molar-refractivity contribution in [3.8, 4) is 34.3 Å². The summed E-state index contributed by atoms with van der Waals surface area (Å²) >= 11 is 0. The number of methoxy groups -OCH3 is 2. The van der Waals surface area contributed by atoms with Crippen LogP contribution in [-0.2, 0) is 0 Å². The molecule has 2 aromatic carbocycles. The lowest BCUT2D eigenvalue weighted by molar-refractivity contribution is 0.413. The molecule has 1 aromatic heterocycles. The number of oxazole rings is 1. The predicted molar refractivity (Wildman–Crippen MR) is 80.5 cm³/mol. The maximum absolute atomic E-state index is 5.87. The summed E-state index contributed by atoms with van der Waals surface area (Å²) in [7, 11) is 3.26. The lowest BCUT2D eigenvalue weighted by atomic mass is 10.1. The number of para-hydroxylation sites is 2. The van der Waals surface area contributed by atoms with E-state index < -0.39 is 0 Å². The van der Waals surface area contributed by atoms with Gasteiger partial charge in [-0.2, -0.15) is 0 Å². The van der Waals surface area contributed by atoms with Crippen LogP contribution in [0.4, 0.5) is 0 Å². The zero-order valence-electron chi connectivity index (χ0n) is 11.9. The Morgan fingerprint density at radius 1 is 0.810 bits per heavy atom. The first-order valence-electron chi connectivity index (χ1n) is 6.56. The van der Waals surface area contributed by atoms with E-state index in [-0.39, 0.29) is 0 Å². The van der Waals surface area contributed by atoms with Gasteiger partial charge in [-0.05, 0) is 24.3 Å². The molecule has 0 N–H and O–H groups in total. The second-order valence-corrected chi connectivity index (χ2v) is 4.43. The van der Waals surface area contributed by atoms with Crippen molar-refractivity contribution in [2.75, 3.05) is 14.2 Å². The molecule has 0 bridgehead atoms. The maximum Gasteiger partial charge on any atom is 0.230 e. The molecular formula is C17H15NO3. The van der Waals surface area contributed by atoms with Crippen LogP contribution in [0, 0.1) is 0 Å². The third-order valence-electron chi connectivity index (χ3n) is 3.22. The molecule has 0 spiro atoms. The van der Waals surface area contributed by atoms with Crippen LogP contribution in [0.1, 0.15) is 0 Å². The third-order valence-corrected chi connectivity index (χ3v) is 3.22. The van der Waals surface area contributed by atoms with Crippen LogP contribution in [-0.4, -0.2) is 19.2 Å². The second kappa shape index (κ2) is 5.71. The van der Waals surface area contributed by atoms with Gasteiger partial charge in [0.2, 0.25) is 5.89 Å². The first-order valence-corrected chi connectivity index (χ1v) is 6.56. The summed E-state index contributed by atoms with van der Waals surface area (Å²) in [4.78, 5) is 4.34. The SMILES string of the molecule is COc1ccccc1-c1cnc(-c2ccccc2OC)o1. The summed E-state index contributed by atoms with van der Waals surface area (Å²) in [6, 6.07) is 15.3. The number of ether oxygens (including phenoxy) is 2. The van der Waals surface area contributed by atoms with Crippen LogP contribution in [0.15, 0.2) is 59.1 Å². The molecular weight excluding hydrogens is 266 g/mol. The Labute approximate surface area is 123 Å². The van der Waals surface area contributed by atoms with Crippen molar-refractivity contribution in [3.63, 3.8) is 0 Å². The van der Waals surface area contributed by atoms with E-state index in [0.29, 0.717) is 11.7 Å². The third kappa shape index (κ3) is 2.48. The van der Waals surface area contributed by atoms with Crippen LogP contribution < -0.4 is 9.47 Å². The van der Waals surface area contributed by atoms with Crippen molar-refractivity contribution in [1.29, 1.82) is 0 Å². The highest BCUT2D eigenvalue weighted by molar-refractivity contribution is 5.69. The Bertz CT molecular complexity index is 687. The second-order valence-electron chi connectivity index (χ2n) is 4.43. The van der Waals surface area contributed by atoms with Gasteiger partial charge >= 0.3 is 0 Å². The van der Waals surface area contributed by atoms with Gasteiger partial charge in [0, 0.05) is 0 Å². The van der Waals surface area contributed by atoms with Gasteiger partial charge in [0.25, 0.3) is 0 Å². The van der Waals surface area contributed by atoms with Gasteiger partial charge in [-0.3, -0.25) is 0 Å². The van der Waals surface area contributed by atoms with Gasteiger partial charge in [-0.1, -0.05) is 24.3 Å². The summed E-state index contributed by atoms with van der Waals surface area (Å²) in [5, 5.41) is 0. The molecule has 0 aliphatic heterocycles. The molecule has 106 valence electrons. The van der Waals surface area contributed by atoms with E-state index >= 15 is 0 Å². The molecule has 0 unspecified atom stereocenters. The van der Waals surface area contributed by atoms with Crippen LogP contribution >= 0.6 is 0 Å². The van der Waals surface area contributed by atoms with Gasteiger partial charge in [0.1, 0.15) is 11.5 Å². The Morgan fingerprint density at radius 2 is 1.38 bits per heavy atom. The molecule has 21 heavy (non-hydrogen) atoms. The number of rotatable bonds is 4. The van der Waals surface area contributed by atoms with Gasteiger partial charge in [-0.15, -0.1) is 0 Å². The lowest BCUT2D eigenvalue weighted by Crippen LogP contribution is -1.87. The number of nitrogens with zero attached hydrogens (tertiary/aromatic N) is 1.